The summed E-state index contributed by atoms with van der Waals surface area (Å²) in [6, 6.07) is 7.39. The fourth-order valence-electron chi connectivity index (χ4n) is 3.16. The quantitative estimate of drug-likeness (QED) is 0.871. The molecule has 1 aromatic rings. The Balaban J connectivity index is 1.66. The highest BCUT2D eigenvalue weighted by Crippen LogP contribution is 2.30. The van der Waals surface area contributed by atoms with E-state index in [1.165, 1.54) is 0 Å². The maximum absolute atomic E-state index is 12.5. The normalized spacial score (nSPS) is 27.1. The number of nitrogens with zero attached hydrogens (tertiary/aromatic N) is 1. The number of para-hydroxylation sites is 2. The molecule has 0 aliphatic carbocycles. The molecule has 0 radical (unpaired) electrons. The van der Waals surface area contributed by atoms with E-state index in [0.717, 1.165) is 6.42 Å². The van der Waals surface area contributed by atoms with Crippen LogP contribution in [0.4, 0.5) is 5.69 Å². The Bertz CT molecular complexity index is 590. The second-order valence-electron chi connectivity index (χ2n) is 6.03. The van der Waals surface area contributed by atoms with Gasteiger partial charge in [0.2, 0.25) is 5.91 Å². The van der Waals surface area contributed by atoms with Crippen LogP contribution in [0.3, 0.4) is 0 Å². The van der Waals surface area contributed by atoms with Crippen LogP contribution in [0.2, 0.25) is 0 Å². The zero-order valence-electron chi connectivity index (χ0n) is 12.6. The minimum absolute atomic E-state index is 0.0528. The Hall–Kier alpha value is -2.08. The Kier molecular flexibility index (Phi) is 4.02. The number of ether oxygens (including phenoxy) is 1. The van der Waals surface area contributed by atoms with Gasteiger partial charge in [-0.15, -0.1) is 0 Å². The van der Waals surface area contributed by atoms with Gasteiger partial charge in [0.05, 0.1) is 12.1 Å². The lowest BCUT2D eigenvalue weighted by molar-refractivity contribution is -0.137. The van der Waals surface area contributed by atoms with Crippen LogP contribution in [0, 0.1) is 5.92 Å². The smallest absolute Gasteiger partial charge is 0.266 e. The molecule has 2 aliphatic rings. The van der Waals surface area contributed by atoms with Crippen LogP contribution in [-0.4, -0.2) is 41.9 Å². The number of fused-ring (bicyclic) bond motifs is 1. The molecular weight excluding hydrogens is 282 g/mol. The largest absolute Gasteiger partial charge is 0.478 e. The van der Waals surface area contributed by atoms with Crippen LogP contribution in [-0.2, 0) is 9.59 Å². The Morgan fingerprint density at radius 2 is 2.23 bits per heavy atom. The molecule has 118 valence electrons. The summed E-state index contributed by atoms with van der Waals surface area (Å²) in [6.07, 6.45) is 0.205. The number of nitrogens with one attached hydrogen (secondary N) is 1. The Morgan fingerprint density at radius 3 is 2.95 bits per heavy atom. The number of amides is 2. The predicted octanol–water partition coefficient (Wildman–Crippen LogP) is 0.972. The molecule has 6 heteroatoms. The monoisotopic (exact) mass is 303 g/mol. The standard InChI is InChI=1S/C16H21N3O3/c1-10-6-11(8-17)9-19(10)15(20)7-14-16(21)18-12-4-2-3-5-13(12)22-14/h2-5,10-11,14H,6-9,17H2,1H3,(H,18,21). The molecular formula is C16H21N3O3. The number of nitrogens with two attached hydrogens (primary N) is 1. The number of hydrogen-bond acceptors (Lipinski definition) is 4. The molecule has 1 saturated heterocycles. The summed E-state index contributed by atoms with van der Waals surface area (Å²) in [4.78, 5) is 26.4. The Morgan fingerprint density at radius 1 is 1.45 bits per heavy atom. The minimum atomic E-state index is -0.772. The highest BCUT2D eigenvalue weighted by Gasteiger charge is 2.36. The lowest BCUT2D eigenvalue weighted by Gasteiger charge is -2.28. The summed E-state index contributed by atoms with van der Waals surface area (Å²) in [5, 5.41) is 2.78. The van der Waals surface area contributed by atoms with E-state index in [4.69, 9.17) is 10.5 Å². The minimum Gasteiger partial charge on any atom is -0.478 e. The van der Waals surface area contributed by atoms with E-state index < -0.39 is 6.10 Å². The van der Waals surface area contributed by atoms with Crippen molar-refractivity contribution in [1.82, 2.24) is 4.90 Å². The summed E-state index contributed by atoms with van der Waals surface area (Å²) in [5.41, 5.74) is 6.34. The third-order valence-electron chi connectivity index (χ3n) is 4.38. The first kappa shape index (κ1) is 14.8. The van der Waals surface area contributed by atoms with Crippen molar-refractivity contribution in [3.05, 3.63) is 24.3 Å². The van der Waals surface area contributed by atoms with Crippen LogP contribution < -0.4 is 15.8 Å². The molecule has 0 spiro atoms. The van der Waals surface area contributed by atoms with Crippen LogP contribution in [0.25, 0.3) is 0 Å². The van der Waals surface area contributed by atoms with Crippen molar-refractivity contribution in [2.75, 3.05) is 18.4 Å². The van der Waals surface area contributed by atoms with Crippen molar-refractivity contribution in [3.63, 3.8) is 0 Å². The van der Waals surface area contributed by atoms with Crippen molar-refractivity contribution >= 4 is 17.5 Å². The number of hydrogen-bond donors (Lipinski definition) is 2. The third-order valence-corrected chi connectivity index (χ3v) is 4.38. The first-order chi connectivity index (χ1) is 10.6. The summed E-state index contributed by atoms with van der Waals surface area (Å²) in [6.45, 7) is 3.27. The van der Waals surface area contributed by atoms with Crippen LogP contribution in [0.15, 0.2) is 24.3 Å². The van der Waals surface area contributed by atoms with Crippen molar-refractivity contribution < 1.29 is 14.3 Å². The van der Waals surface area contributed by atoms with Gasteiger partial charge in [-0.2, -0.15) is 0 Å². The molecule has 1 fully saturated rings. The molecule has 0 bridgehead atoms. The number of anilines is 1. The average molecular weight is 303 g/mol. The van der Waals surface area contributed by atoms with E-state index >= 15 is 0 Å². The lowest BCUT2D eigenvalue weighted by atomic mass is 10.1. The van der Waals surface area contributed by atoms with Gasteiger partial charge in [-0.25, -0.2) is 0 Å². The van der Waals surface area contributed by atoms with Gasteiger partial charge in [-0.1, -0.05) is 12.1 Å². The third kappa shape index (κ3) is 2.78. The summed E-state index contributed by atoms with van der Waals surface area (Å²) >= 11 is 0. The van der Waals surface area contributed by atoms with E-state index in [9.17, 15) is 9.59 Å². The van der Waals surface area contributed by atoms with Crippen LogP contribution in [0.5, 0.6) is 5.75 Å². The van der Waals surface area contributed by atoms with Gasteiger partial charge >= 0.3 is 0 Å². The summed E-state index contributed by atoms with van der Waals surface area (Å²) < 4.78 is 5.68. The number of rotatable bonds is 3. The molecule has 1 aromatic carbocycles. The van der Waals surface area contributed by atoms with E-state index in [1.54, 1.807) is 12.1 Å². The molecule has 3 unspecified atom stereocenters. The highest BCUT2D eigenvalue weighted by atomic mass is 16.5. The van der Waals surface area contributed by atoms with Crippen molar-refractivity contribution in [3.8, 4) is 5.75 Å². The van der Waals surface area contributed by atoms with Gasteiger partial charge in [0, 0.05) is 12.6 Å². The van der Waals surface area contributed by atoms with E-state index in [-0.39, 0.29) is 24.3 Å². The molecule has 3 rings (SSSR count). The molecule has 0 saturated carbocycles. The van der Waals surface area contributed by atoms with Gasteiger partial charge in [0.1, 0.15) is 5.75 Å². The topological polar surface area (TPSA) is 84.7 Å². The Labute approximate surface area is 129 Å². The van der Waals surface area contributed by atoms with E-state index in [0.29, 0.717) is 30.4 Å². The predicted molar refractivity (Wildman–Crippen MR) is 82.4 cm³/mol. The number of likely N-dealkylation sites (tertiary alicyclic amines) is 1. The fraction of sp³-hybridized carbons (Fsp3) is 0.500. The molecule has 3 atom stereocenters. The molecule has 3 N–H and O–H groups in total. The van der Waals surface area contributed by atoms with Gasteiger partial charge < -0.3 is 20.7 Å². The average Bonchev–Trinajstić information content (AvgIpc) is 2.89. The van der Waals surface area contributed by atoms with E-state index in [2.05, 4.69) is 5.32 Å². The number of benzene rings is 1. The zero-order chi connectivity index (χ0) is 15.7. The molecule has 2 amide bonds. The van der Waals surface area contributed by atoms with Gasteiger partial charge in [0.15, 0.2) is 6.10 Å². The maximum Gasteiger partial charge on any atom is 0.266 e. The van der Waals surface area contributed by atoms with Gasteiger partial charge in [-0.3, -0.25) is 9.59 Å². The van der Waals surface area contributed by atoms with E-state index in [1.807, 2.05) is 24.0 Å². The van der Waals surface area contributed by atoms with Gasteiger partial charge in [0.25, 0.3) is 5.91 Å². The summed E-state index contributed by atoms with van der Waals surface area (Å²) in [5.74, 6) is 0.632. The molecule has 2 aliphatic heterocycles. The SMILES string of the molecule is CC1CC(CN)CN1C(=O)CC1Oc2ccccc2NC1=O. The number of carbonyl (C=O) groups excluding carboxylic acids is 2. The van der Waals surface area contributed by atoms with Crippen LogP contribution in [0.1, 0.15) is 19.8 Å². The molecule has 6 nitrogen and oxygen atoms in total. The molecule has 0 aromatic heterocycles. The van der Waals surface area contributed by atoms with Crippen molar-refractivity contribution in [2.24, 2.45) is 11.7 Å². The molecule has 22 heavy (non-hydrogen) atoms. The molecule has 2 heterocycles. The lowest BCUT2D eigenvalue weighted by Crippen LogP contribution is -2.43. The van der Waals surface area contributed by atoms with Crippen molar-refractivity contribution in [2.45, 2.75) is 31.9 Å². The second-order valence-corrected chi connectivity index (χ2v) is 6.03. The summed E-state index contributed by atoms with van der Waals surface area (Å²) in [7, 11) is 0. The first-order valence-electron chi connectivity index (χ1n) is 7.64. The van der Waals surface area contributed by atoms with Crippen molar-refractivity contribution in [1.29, 1.82) is 0 Å². The highest BCUT2D eigenvalue weighted by molar-refractivity contribution is 6.00. The zero-order valence-corrected chi connectivity index (χ0v) is 12.6. The maximum atomic E-state index is 12.5. The second kappa shape index (κ2) is 5.96. The fourth-order valence-corrected chi connectivity index (χ4v) is 3.16. The van der Waals surface area contributed by atoms with Crippen LogP contribution >= 0.6 is 0 Å². The first-order valence-corrected chi connectivity index (χ1v) is 7.64. The van der Waals surface area contributed by atoms with Gasteiger partial charge in [-0.05, 0) is 37.9 Å². The number of carbonyl (C=O) groups is 2.